The molecule has 8 nitrogen and oxygen atoms in total. The highest BCUT2D eigenvalue weighted by Crippen LogP contribution is 2.32. The molecule has 4 N–H and O–H groups in total. The Labute approximate surface area is 277 Å². The number of amides is 2. The highest BCUT2D eigenvalue weighted by atomic mass is 19.1. The van der Waals surface area contributed by atoms with Crippen LogP contribution >= 0.6 is 0 Å². The van der Waals surface area contributed by atoms with Crippen molar-refractivity contribution in [2.75, 3.05) is 0 Å². The Bertz CT molecular complexity index is 1620. The zero-order valence-electron chi connectivity index (χ0n) is 26.2. The minimum absolute atomic E-state index is 0.263. The maximum Gasteiger partial charge on any atom is 0.252 e. The summed E-state index contributed by atoms with van der Waals surface area (Å²) >= 11 is 0. The topological polar surface area (TPSA) is 117 Å². The van der Waals surface area contributed by atoms with Gasteiger partial charge < -0.3 is 30.3 Å². The molecule has 2 amide bonds. The van der Waals surface area contributed by atoms with Crippen LogP contribution in [0.2, 0.25) is 0 Å². The van der Waals surface area contributed by atoms with Crippen LogP contribution in [0.1, 0.15) is 58.3 Å². The maximum absolute atomic E-state index is 13.9. The van der Waals surface area contributed by atoms with Gasteiger partial charge in [-0.15, -0.1) is 0 Å². The zero-order valence-corrected chi connectivity index (χ0v) is 26.2. The molecule has 2 aliphatic rings. The number of fused-ring (bicyclic) bond motifs is 2. The van der Waals surface area contributed by atoms with E-state index < -0.39 is 47.9 Å². The van der Waals surface area contributed by atoms with E-state index in [1.54, 1.807) is 12.1 Å². The number of carbonyl (C=O) groups excluding carboxylic acids is 2. The number of hydrogen-bond donors (Lipinski definition) is 4. The second-order valence-electron chi connectivity index (χ2n) is 12.3. The molecule has 0 radical (unpaired) electrons. The van der Waals surface area contributed by atoms with Crippen LogP contribution in [0.15, 0.2) is 97.1 Å². The van der Waals surface area contributed by atoms with Crippen molar-refractivity contribution < 1.29 is 38.1 Å². The quantitative estimate of drug-likeness (QED) is 0.165. The first-order valence-electron chi connectivity index (χ1n) is 16.1. The molecule has 0 aromatic heterocycles. The summed E-state index contributed by atoms with van der Waals surface area (Å²) in [5.74, 6) is -2.44. The molecule has 0 aliphatic heterocycles. The highest BCUT2D eigenvalue weighted by Gasteiger charge is 2.42. The fourth-order valence-corrected chi connectivity index (χ4v) is 6.56. The Morgan fingerprint density at radius 2 is 1.06 bits per heavy atom. The van der Waals surface area contributed by atoms with Crippen molar-refractivity contribution in [3.63, 3.8) is 0 Å². The molecule has 2 aliphatic carbocycles. The smallest absolute Gasteiger partial charge is 0.252 e. The highest BCUT2D eigenvalue weighted by molar-refractivity contribution is 5.84. The molecular weight excluding hydrogens is 618 g/mol. The second-order valence-corrected chi connectivity index (χ2v) is 12.3. The van der Waals surface area contributed by atoms with Gasteiger partial charge in [-0.25, -0.2) is 8.78 Å². The molecule has 6 atom stereocenters. The summed E-state index contributed by atoms with van der Waals surface area (Å²) in [6.07, 6.45) is -4.48. The average Bonchev–Trinajstić information content (AvgIpc) is 3.69. The number of nitrogens with one attached hydrogen (secondary N) is 2. The fraction of sp³-hybridized carbons (Fsp3) is 0.316. The van der Waals surface area contributed by atoms with Crippen LogP contribution in [-0.4, -0.2) is 46.4 Å². The Kier molecular flexibility index (Phi) is 10.6. The van der Waals surface area contributed by atoms with Crippen molar-refractivity contribution in [3.8, 4) is 0 Å². The molecule has 0 bridgehead atoms. The molecule has 4 aromatic carbocycles. The van der Waals surface area contributed by atoms with E-state index in [4.69, 9.17) is 9.47 Å². The van der Waals surface area contributed by atoms with Gasteiger partial charge in [-0.2, -0.15) is 0 Å². The first-order valence-corrected chi connectivity index (χ1v) is 16.1. The number of aryl methyl sites for hydroxylation is 2. The van der Waals surface area contributed by atoms with Crippen LogP contribution in [-0.2, 0) is 45.1 Å². The van der Waals surface area contributed by atoms with Gasteiger partial charge >= 0.3 is 0 Å². The lowest BCUT2D eigenvalue weighted by Gasteiger charge is -2.32. The second kappa shape index (κ2) is 15.2. The summed E-state index contributed by atoms with van der Waals surface area (Å²) in [5.41, 5.74) is 4.87. The SMILES string of the molecule is O=C(NC1CCc2ccccc21)[C@H](OCc1cccc(F)c1)[C@H](O)[C@@H](O)[C@@H](OCc1cccc(F)c1)C(=O)N[C@H]1CCc2ccccc21. The molecule has 0 spiro atoms. The van der Waals surface area contributed by atoms with Gasteiger partial charge in [-0.1, -0.05) is 72.8 Å². The third-order valence-corrected chi connectivity index (χ3v) is 9.02. The minimum Gasteiger partial charge on any atom is -0.387 e. The number of ether oxygens (including phenoxy) is 2. The molecule has 250 valence electrons. The number of halogens is 2. The average molecular weight is 657 g/mol. The van der Waals surface area contributed by atoms with Crippen molar-refractivity contribution in [2.24, 2.45) is 0 Å². The number of aliphatic hydroxyl groups excluding tert-OH is 2. The standard InChI is InChI=1S/C38H38F2N2O6/c39-27-11-5-7-23(19-27)21-47-35(37(45)41-31-17-15-25-9-1-3-13-29(25)31)33(43)34(44)36(48-22-24-8-6-12-28(40)20-24)38(46)42-32-18-16-26-10-2-4-14-30(26)32/h1-14,19-20,31-36,43-44H,15-18,21-22H2,(H,41,45)(H,42,46)/t31-,32?,33+,34+,35+,36+/m0/s1. The number of rotatable bonds is 13. The van der Waals surface area contributed by atoms with Gasteiger partial charge in [-0.3, -0.25) is 9.59 Å². The summed E-state index contributed by atoms with van der Waals surface area (Å²) in [7, 11) is 0. The first-order chi connectivity index (χ1) is 23.3. The van der Waals surface area contributed by atoms with E-state index in [0.717, 1.165) is 35.1 Å². The van der Waals surface area contributed by atoms with Gasteiger partial charge in [0.25, 0.3) is 11.8 Å². The molecule has 0 saturated carbocycles. The number of hydrogen-bond acceptors (Lipinski definition) is 6. The van der Waals surface area contributed by atoms with E-state index in [9.17, 15) is 28.6 Å². The third-order valence-electron chi connectivity index (χ3n) is 9.02. The van der Waals surface area contributed by atoms with E-state index in [0.29, 0.717) is 24.0 Å². The van der Waals surface area contributed by atoms with Gasteiger partial charge in [0, 0.05) is 0 Å². The van der Waals surface area contributed by atoms with Crippen LogP contribution in [0, 0.1) is 11.6 Å². The third kappa shape index (κ3) is 7.79. The monoisotopic (exact) mass is 656 g/mol. The summed E-state index contributed by atoms with van der Waals surface area (Å²) in [6, 6.07) is 25.9. The largest absolute Gasteiger partial charge is 0.387 e. The Morgan fingerprint density at radius 3 is 1.48 bits per heavy atom. The van der Waals surface area contributed by atoms with Gasteiger partial charge in [0.1, 0.15) is 23.8 Å². The van der Waals surface area contributed by atoms with Crippen LogP contribution in [0.3, 0.4) is 0 Å². The van der Waals surface area contributed by atoms with Gasteiger partial charge in [0.2, 0.25) is 0 Å². The first kappa shape index (κ1) is 33.4. The van der Waals surface area contributed by atoms with E-state index >= 15 is 0 Å². The Balaban J connectivity index is 1.24. The van der Waals surface area contributed by atoms with Crippen LogP contribution in [0.25, 0.3) is 0 Å². The fourth-order valence-electron chi connectivity index (χ4n) is 6.56. The minimum atomic E-state index is -1.95. The molecule has 6 rings (SSSR count). The normalized spacial score (nSPS) is 19.1. The van der Waals surface area contributed by atoms with Crippen molar-refractivity contribution >= 4 is 11.8 Å². The van der Waals surface area contributed by atoms with Gasteiger partial charge in [0.15, 0.2) is 12.2 Å². The lowest BCUT2D eigenvalue weighted by atomic mass is 9.99. The Hall–Kier alpha value is -4.48. The van der Waals surface area contributed by atoms with Gasteiger partial charge in [0.05, 0.1) is 25.3 Å². The number of carbonyl (C=O) groups is 2. The molecule has 0 heterocycles. The molecule has 48 heavy (non-hydrogen) atoms. The maximum atomic E-state index is 13.9. The summed E-state index contributed by atoms with van der Waals surface area (Å²) in [5, 5.41) is 29.1. The molecule has 0 saturated heterocycles. The predicted octanol–water partition coefficient (Wildman–Crippen LogP) is 4.76. The van der Waals surface area contributed by atoms with Crippen molar-refractivity contribution in [2.45, 2.75) is 75.4 Å². The van der Waals surface area contributed by atoms with E-state index in [-0.39, 0.29) is 25.3 Å². The summed E-state index contributed by atoms with van der Waals surface area (Å²) in [6.45, 7) is -0.526. The summed E-state index contributed by atoms with van der Waals surface area (Å²) in [4.78, 5) is 27.6. The lowest BCUT2D eigenvalue weighted by Crippen LogP contribution is -2.56. The molecule has 10 heteroatoms. The molecule has 4 aromatic rings. The van der Waals surface area contributed by atoms with E-state index in [2.05, 4.69) is 10.6 Å². The number of benzene rings is 4. The van der Waals surface area contributed by atoms with Crippen LogP contribution in [0.5, 0.6) is 0 Å². The van der Waals surface area contributed by atoms with Crippen molar-refractivity contribution in [1.29, 1.82) is 0 Å². The predicted molar refractivity (Wildman–Crippen MR) is 173 cm³/mol. The van der Waals surface area contributed by atoms with E-state index in [1.807, 2.05) is 48.5 Å². The zero-order chi connectivity index (χ0) is 33.6. The van der Waals surface area contributed by atoms with Gasteiger partial charge in [-0.05, 0) is 83.3 Å². The van der Waals surface area contributed by atoms with Crippen molar-refractivity contribution in [3.05, 3.63) is 142 Å². The van der Waals surface area contributed by atoms with E-state index in [1.165, 1.54) is 36.4 Å². The number of aliphatic hydroxyl groups is 2. The molecule has 1 unspecified atom stereocenters. The molecule has 0 fully saturated rings. The van der Waals surface area contributed by atoms with Crippen molar-refractivity contribution in [1.82, 2.24) is 10.6 Å². The summed E-state index contributed by atoms with van der Waals surface area (Å²) < 4.78 is 39.7. The van der Waals surface area contributed by atoms with Crippen LogP contribution < -0.4 is 10.6 Å². The molecular formula is C38H38F2N2O6. The van der Waals surface area contributed by atoms with Crippen LogP contribution in [0.4, 0.5) is 8.78 Å². The lowest BCUT2D eigenvalue weighted by molar-refractivity contribution is -0.171. The Morgan fingerprint density at radius 1 is 0.646 bits per heavy atom.